The van der Waals surface area contributed by atoms with E-state index in [1.807, 2.05) is 27.7 Å². The molecule has 0 aromatic heterocycles. The molecule has 0 unspecified atom stereocenters. The van der Waals surface area contributed by atoms with Gasteiger partial charge in [-0.2, -0.15) is 0 Å². The highest BCUT2D eigenvalue weighted by Gasteiger charge is 2.71. The van der Waals surface area contributed by atoms with Gasteiger partial charge in [0.25, 0.3) is 0 Å². The van der Waals surface area contributed by atoms with Crippen molar-refractivity contribution >= 4 is 35.0 Å². The van der Waals surface area contributed by atoms with Crippen LogP contribution in [0.1, 0.15) is 39.7 Å². The van der Waals surface area contributed by atoms with Crippen LogP contribution in [0, 0.1) is 17.8 Å². The van der Waals surface area contributed by atoms with E-state index >= 15 is 0 Å². The van der Waals surface area contributed by atoms with Gasteiger partial charge in [0.1, 0.15) is 5.54 Å². The zero-order valence-corrected chi connectivity index (χ0v) is 16.6. The normalized spacial score (nSPS) is 33.0. The van der Waals surface area contributed by atoms with Crippen molar-refractivity contribution in [2.75, 3.05) is 5.32 Å². The Morgan fingerprint density at radius 2 is 1.89 bits per heavy atom. The molecule has 27 heavy (non-hydrogen) atoms. The minimum Gasteiger partial charge on any atom is -0.324 e. The van der Waals surface area contributed by atoms with E-state index < -0.39 is 17.4 Å². The maximum Gasteiger partial charge on any atom is 0.250 e. The Hall–Kier alpha value is -1.92. The van der Waals surface area contributed by atoms with Gasteiger partial charge < -0.3 is 5.32 Å². The third-order valence-electron chi connectivity index (χ3n) is 6.40. The molecule has 144 valence electrons. The number of fused-ring (bicyclic) bond motifs is 4. The van der Waals surface area contributed by atoms with E-state index in [2.05, 4.69) is 10.6 Å². The molecule has 5 atom stereocenters. The summed E-state index contributed by atoms with van der Waals surface area (Å²) in [6.07, 6.45) is 0.679. The molecule has 2 N–H and O–H groups in total. The van der Waals surface area contributed by atoms with Crippen molar-refractivity contribution in [3.63, 3.8) is 0 Å². The fourth-order valence-corrected chi connectivity index (χ4v) is 5.09. The quantitative estimate of drug-likeness (QED) is 0.778. The van der Waals surface area contributed by atoms with Crippen molar-refractivity contribution in [3.05, 3.63) is 28.8 Å². The number of hydrogen-bond donors (Lipinski definition) is 2. The standard InChI is InChI=1S/C20H24ClN3O3/c1-5-10(4)24-17(25)14-15(18(24)26)20(23-16(14)9(2)3)12-8-11(21)6-7-13(12)22-19(20)27/h6-10,14-16,23H,5H2,1-4H3,(H,22,27)/t10-,14+,15+,16+,20+/m1/s1. The lowest BCUT2D eigenvalue weighted by Crippen LogP contribution is -2.54. The first-order valence-electron chi connectivity index (χ1n) is 9.50. The van der Waals surface area contributed by atoms with Crippen molar-refractivity contribution in [1.29, 1.82) is 0 Å². The largest absolute Gasteiger partial charge is 0.324 e. The van der Waals surface area contributed by atoms with Gasteiger partial charge in [-0.3, -0.25) is 24.6 Å². The molecule has 0 saturated carbocycles. The van der Waals surface area contributed by atoms with Crippen LogP contribution in [0.2, 0.25) is 5.02 Å². The summed E-state index contributed by atoms with van der Waals surface area (Å²) < 4.78 is 0. The number of nitrogens with one attached hydrogen (secondary N) is 2. The molecule has 0 radical (unpaired) electrons. The SMILES string of the molecule is CC[C@@H](C)N1C(=O)[C@H]2[C@@H](C1=O)[C@]1(N[C@H]2C(C)C)C(=O)Nc2ccc(Cl)cc21. The number of halogens is 1. The smallest absolute Gasteiger partial charge is 0.250 e. The number of imide groups is 1. The fourth-order valence-electron chi connectivity index (χ4n) is 4.92. The van der Waals surface area contributed by atoms with Crippen LogP contribution < -0.4 is 10.6 Å². The molecule has 1 aromatic carbocycles. The second-order valence-corrected chi connectivity index (χ2v) is 8.61. The van der Waals surface area contributed by atoms with Crippen LogP contribution in [0.5, 0.6) is 0 Å². The Labute approximate surface area is 163 Å². The monoisotopic (exact) mass is 389 g/mol. The maximum atomic E-state index is 13.4. The highest BCUT2D eigenvalue weighted by Crippen LogP contribution is 2.54. The summed E-state index contributed by atoms with van der Waals surface area (Å²) in [7, 11) is 0. The summed E-state index contributed by atoms with van der Waals surface area (Å²) in [5.74, 6) is -1.96. The van der Waals surface area contributed by atoms with Crippen molar-refractivity contribution in [3.8, 4) is 0 Å². The van der Waals surface area contributed by atoms with Gasteiger partial charge in [0.05, 0.1) is 11.8 Å². The van der Waals surface area contributed by atoms with Gasteiger partial charge in [-0.1, -0.05) is 32.4 Å². The zero-order chi connectivity index (χ0) is 19.7. The molecule has 2 fully saturated rings. The maximum absolute atomic E-state index is 13.4. The Morgan fingerprint density at radius 3 is 2.52 bits per heavy atom. The van der Waals surface area contributed by atoms with Crippen molar-refractivity contribution < 1.29 is 14.4 Å². The number of benzene rings is 1. The van der Waals surface area contributed by atoms with Gasteiger partial charge in [-0.05, 0) is 37.5 Å². The lowest BCUT2D eigenvalue weighted by molar-refractivity contribution is -0.145. The molecule has 2 saturated heterocycles. The van der Waals surface area contributed by atoms with Gasteiger partial charge in [0, 0.05) is 28.4 Å². The van der Waals surface area contributed by atoms with Gasteiger partial charge in [0.15, 0.2) is 0 Å². The van der Waals surface area contributed by atoms with E-state index in [9.17, 15) is 14.4 Å². The number of amides is 3. The minimum absolute atomic E-state index is 0.0848. The molecule has 1 spiro atoms. The predicted octanol–water partition coefficient (Wildman–Crippen LogP) is 2.51. The summed E-state index contributed by atoms with van der Waals surface area (Å²) in [5.41, 5.74) is 0.0435. The second kappa shape index (κ2) is 6.04. The van der Waals surface area contributed by atoms with Gasteiger partial charge >= 0.3 is 0 Å². The zero-order valence-electron chi connectivity index (χ0n) is 15.9. The first kappa shape index (κ1) is 18.4. The lowest BCUT2D eigenvalue weighted by atomic mass is 9.76. The molecule has 6 nitrogen and oxygen atoms in total. The third kappa shape index (κ3) is 2.26. The Bertz CT molecular complexity index is 855. The highest BCUT2D eigenvalue weighted by molar-refractivity contribution is 6.31. The van der Waals surface area contributed by atoms with E-state index in [1.54, 1.807) is 18.2 Å². The van der Waals surface area contributed by atoms with Gasteiger partial charge in [0.2, 0.25) is 17.7 Å². The van der Waals surface area contributed by atoms with Crippen molar-refractivity contribution in [2.45, 2.75) is 51.7 Å². The molecule has 4 rings (SSSR count). The number of likely N-dealkylation sites (tertiary alicyclic amines) is 1. The summed E-state index contributed by atoms with van der Waals surface area (Å²) in [6.45, 7) is 7.83. The Balaban J connectivity index is 1.92. The fraction of sp³-hybridized carbons (Fsp3) is 0.550. The molecular formula is C20H24ClN3O3. The average Bonchev–Trinajstić information content (AvgIpc) is 3.20. The molecule has 7 heteroatoms. The summed E-state index contributed by atoms with van der Waals surface area (Å²) in [6, 6.07) is 4.72. The molecule has 3 aliphatic rings. The summed E-state index contributed by atoms with van der Waals surface area (Å²) in [4.78, 5) is 41.2. The molecule has 0 aliphatic carbocycles. The van der Waals surface area contributed by atoms with Crippen LogP contribution in [-0.4, -0.2) is 34.7 Å². The molecule has 3 heterocycles. The first-order valence-corrected chi connectivity index (χ1v) is 9.87. The van der Waals surface area contributed by atoms with E-state index in [0.29, 0.717) is 22.7 Å². The van der Waals surface area contributed by atoms with Gasteiger partial charge in [-0.25, -0.2) is 0 Å². The number of carbonyl (C=O) groups is 3. The number of hydrogen-bond acceptors (Lipinski definition) is 4. The highest BCUT2D eigenvalue weighted by atomic mass is 35.5. The van der Waals surface area contributed by atoms with Crippen LogP contribution in [0.3, 0.4) is 0 Å². The molecule has 0 bridgehead atoms. The summed E-state index contributed by atoms with van der Waals surface area (Å²) in [5, 5.41) is 6.77. The average molecular weight is 390 g/mol. The van der Waals surface area contributed by atoms with E-state index in [1.165, 1.54) is 4.90 Å². The van der Waals surface area contributed by atoms with Crippen LogP contribution in [-0.2, 0) is 19.9 Å². The predicted molar refractivity (Wildman–Crippen MR) is 102 cm³/mol. The van der Waals surface area contributed by atoms with Gasteiger partial charge in [-0.15, -0.1) is 0 Å². The van der Waals surface area contributed by atoms with Crippen LogP contribution in [0.15, 0.2) is 18.2 Å². The summed E-state index contributed by atoms with van der Waals surface area (Å²) >= 11 is 6.21. The molecule has 3 aliphatic heterocycles. The Morgan fingerprint density at radius 1 is 1.19 bits per heavy atom. The minimum atomic E-state index is -1.26. The number of nitrogens with zero attached hydrogens (tertiary/aromatic N) is 1. The van der Waals surface area contributed by atoms with Crippen LogP contribution in [0.4, 0.5) is 5.69 Å². The van der Waals surface area contributed by atoms with E-state index in [4.69, 9.17) is 11.6 Å². The first-order chi connectivity index (χ1) is 12.7. The number of carbonyl (C=O) groups excluding carboxylic acids is 3. The third-order valence-corrected chi connectivity index (χ3v) is 6.63. The number of anilines is 1. The van der Waals surface area contributed by atoms with Crippen LogP contribution >= 0.6 is 11.6 Å². The molecule has 1 aromatic rings. The van der Waals surface area contributed by atoms with Crippen LogP contribution in [0.25, 0.3) is 0 Å². The second-order valence-electron chi connectivity index (χ2n) is 8.17. The topological polar surface area (TPSA) is 78.5 Å². The number of rotatable bonds is 3. The molecular weight excluding hydrogens is 366 g/mol. The molecule has 3 amide bonds. The lowest BCUT2D eigenvalue weighted by Gasteiger charge is -2.31. The van der Waals surface area contributed by atoms with Crippen molar-refractivity contribution in [2.24, 2.45) is 17.8 Å². The Kier molecular flexibility index (Phi) is 4.13. The van der Waals surface area contributed by atoms with E-state index in [-0.39, 0.29) is 35.7 Å². The van der Waals surface area contributed by atoms with E-state index in [0.717, 1.165) is 0 Å². The van der Waals surface area contributed by atoms with Crippen molar-refractivity contribution in [1.82, 2.24) is 10.2 Å².